The molecule has 2 saturated heterocycles. The summed E-state index contributed by atoms with van der Waals surface area (Å²) in [5, 5.41) is 0.248. The first-order valence-electron chi connectivity index (χ1n) is 8.97. The number of hydrogen-bond acceptors (Lipinski definition) is 14. The maximum absolute atomic E-state index is 11.9. The lowest BCUT2D eigenvalue weighted by Crippen LogP contribution is -2.34. The van der Waals surface area contributed by atoms with Gasteiger partial charge in [0.05, 0.1) is 12.8 Å². The zero-order valence-electron chi connectivity index (χ0n) is 16.7. The van der Waals surface area contributed by atoms with Gasteiger partial charge in [0.15, 0.2) is 9.16 Å². The lowest BCUT2D eigenvalue weighted by atomic mass is 10.4. The molecular weight excluding hydrogens is 548 g/mol. The van der Waals surface area contributed by atoms with E-state index in [9.17, 15) is 54.7 Å². The second-order valence-corrected chi connectivity index (χ2v) is 13.1. The molecule has 2 unspecified atom stereocenters. The van der Waals surface area contributed by atoms with Crippen LogP contribution in [0.15, 0.2) is 0 Å². The van der Waals surface area contributed by atoms with Gasteiger partial charge < -0.3 is 9.68 Å². The highest BCUT2D eigenvalue weighted by Gasteiger charge is 2.38. The monoisotopic (exact) mass is 564 g/mol. The summed E-state index contributed by atoms with van der Waals surface area (Å²) in [7, 11) is -10.1. The van der Waals surface area contributed by atoms with E-state index in [4.69, 9.17) is 0 Å². The van der Waals surface area contributed by atoms with E-state index in [1.807, 2.05) is 0 Å². The van der Waals surface area contributed by atoms with Gasteiger partial charge in [-0.2, -0.15) is 16.8 Å². The number of carbonyl (C=O) groups is 6. The standard InChI is InChI=1S/C14H16N2O14S4/c17-7-1-2-8(18)15(7)29-11(21)5-13(33(23,24)25)31-32-14(34(26,27)28)6-12(22)30-16-9(19)3-4-10(16)20/h13-14H,1-6H2,(H,23,24,25)(H,26,27,28). The smallest absolute Gasteiger partial charge is 0.330 e. The van der Waals surface area contributed by atoms with Gasteiger partial charge in [0.2, 0.25) is 0 Å². The van der Waals surface area contributed by atoms with Crippen molar-refractivity contribution in [2.75, 3.05) is 0 Å². The van der Waals surface area contributed by atoms with Crippen LogP contribution in [0, 0.1) is 0 Å². The molecule has 2 aliphatic heterocycles. The summed E-state index contributed by atoms with van der Waals surface area (Å²) in [6.07, 6.45) is -3.27. The third kappa shape index (κ3) is 7.63. The molecule has 0 radical (unpaired) electrons. The van der Waals surface area contributed by atoms with Crippen LogP contribution >= 0.6 is 21.6 Å². The van der Waals surface area contributed by atoms with E-state index in [-0.39, 0.29) is 57.4 Å². The van der Waals surface area contributed by atoms with Gasteiger partial charge in [-0.1, -0.05) is 21.6 Å². The molecule has 0 aromatic carbocycles. The van der Waals surface area contributed by atoms with Crippen molar-refractivity contribution in [1.82, 2.24) is 10.1 Å². The molecule has 2 aliphatic rings. The van der Waals surface area contributed by atoms with Crippen LogP contribution in [0.3, 0.4) is 0 Å². The second-order valence-electron chi connectivity index (χ2n) is 6.58. The summed E-state index contributed by atoms with van der Waals surface area (Å²) in [6.45, 7) is 0. The van der Waals surface area contributed by atoms with Crippen LogP contribution in [-0.4, -0.2) is 80.8 Å². The van der Waals surface area contributed by atoms with Gasteiger partial charge in [0.25, 0.3) is 43.9 Å². The highest BCUT2D eigenvalue weighted by atomic mass is 33.1. The Morgan fingerprint density at radius 1 is 0.706 bits per heavy atom. The van der Waals surface area contributed by atoms with Crippen molar-refractivity contribution in [3.05, 3.63) is 0 Å². The lowest BCUT2D eigenvalue weighted by molar-refractivity contribution is -0.197. The Labute approximate surface area is 199 Å². The predicted octanol–water partition coefficient (Wildman–Crippen LogP) is -1.21. The Hall–Kier alpha value is -2.26. The first-order valence-corrected chi connectivity index (χ1v) is 14.3. The molecule has 0 aromatic rings. The van der Waals surface area contributed by atoms with Crippen LogP contribution in [-0.2, 0) is 58.7 Å². The second kappa shape index (κ2) is 11.0. The highest BCUT2D eigenvalue weighted by molar-refractivity contribution is 8.79. The summed E-state index contributed by atoms with van der Waals surface area (Å²) in [5.41, 5.74) is 0. The van der Waals surface area contributed by atoms with Crippen molar-refractivity contribution >= 4 is 77.4 Å². The van der Waals surface area contributed by atoms with Crippen LogP contribution in [0.2, 0.25) is 0 Å². The highest BCUT2D eigenvalue weighted by Crippen LogP contribution is 2.38. The van der Waals surface area contributed by atoms with Gasteiger partial charge in [-0.3, -0.25) is 28.3 Å². The van der Waals surface area contributed by atoms with E-state index in [1.165, 1.54) is 0 Å². The fraction of sp³-hybridized carbons (Fsp3) is 0.571. The minimum atomic E-state index is -5.06. The van der Waals surface area contributed by atoms with Crippen LogP contribution in [0.1, 0.15) is 38.5 Å². The summed E-state index contributed by atoms with van der Waals surface area (Å²) >= 11 is 0. The van der Waals surface area contributed by atoms with Crippen molar-refractivity contribution in [2.24, 2.45) is 0 Å². The Kier molecular flexibility index (Phi) is 9.04. The largest absolute Gasteiger partial charge is 0.335 e. The number of hydrogen-bond donors (Lipinski definition) is 2. The molecule has 34 heavy (non-hydrogen) atoms. The molecule has 2 fully saturated rings. The number of nitrogens with zero attached hydrogens (tertiary/aromatic N) is 2. The molecule has 0 spiro atoms. The Balaban J connectivity index is 2.03. The zero-order chi connectivity index (χ0) is 25.8. The van der Waals surface area contributed by atoms with E-state index in [0.717, 1.165) is 0 Å². The summed E-state index contributed by atoms with van der Waals surface area (Å²) < 4.78 is 60.8. The molecule has 20 heteroatoms. The molecule has 0 aromatic heterocycles. The predicted molar refractivity (Wildman–Crippen MR) is 109 cm³/mol. The molecule has 2 heterocycles. The average Bonchev–Trinajstić information content (AvgIpc) is 3.18. The first-order chi connectivity index (χ1) is 15.6. The van der Waals surface area contributed by atoms with E-state index in [1.54, 1.807) is 0 Å². The van der Waals surface area contributed by atoms with Gasteiger partial charge in [-0.15, -0.1) is 10.1 Å². The van der Waals surface area contributed by atoms with Crippen LogP contribution in [0.5, 0.6) is 0 Å². The lowest BCUT2D eigenvalue weighted by Gasteiger charge is -2.18. The minimum absolute atomic E-state index is 0.0322. The number of hydroxylamine groups is 4. The topological polar surface area (TPSA) is 236 Å². The Morgan fingerprint density at radius 2 is 0.971 bits per heavy atom. The third-order valence-electron chi connectivity index (χ3n) is 4.00. The molecule has 0 bridgehead atoms. The van der Waals surface area contributed by atoms with Crippen molar-refractivity contribution < 1.29 is 64.4 Å². The Bertz CT molecular complexity index is 997. The quantitative estimate of drug-likeness (QED) is 0.170. The van der Waals surface area contributed by atoms with Crippen molar-refractivity contribution in [3.63, 3.8) is 0 Å². The maximum atomic E-state index is 11.9. The first kappa shape index (κ1) is 28.0. The van der Waals surface area contributed by atoms with Crippen molar-refractivity contribution in [3.8, 4) is 0 Å². The maximum Gasteiger partial charge on any atom is 0.335 e. The molecule has 190 valence electrons. The van der Waals surface area contributed by atoms with E-state index in [0.29, 0.717) is 0 Å². The molecule has 2 N–H and O–H groups in total. The van der Waals surface area contributed by atoms with Crippen molar-refractivity contribution in [1.29, 1.82) is 0 Å². The number of imide groups is 2. The molecular formula is C14H16N2O14S4. The summed E-state index contributed by atoms with van der Waals surface area (Å²) in [6, 6.07) is 0. The van der Waals surface area contributed by atoms with Crippen LogP contribution in [0.4, 0.5) is 0 Å². The molecule has 2 rings (SSSR count). The summed E-state index contributed by atoms with van der Waals surface area (Å²) in [5.74, 6) is -6.30. The normalized spacial score (nSPS) is 18.9. The van der Waals surface area contributed by atoms with Gasteiger partial charge in [0, 0.05) is 25.7 Å². The van der Waals surface area contributed by atoms with Gasteiger partial charge in [-0.25, -0.2) is 9.59 Å². The van der Waals surface area contributed by atoms with Crippen LogP contribution in [0.25, 0.3) is 0 Å². The molecule has 0 aliphatic carbocycles. The van der Waals surface area contributed by atoms with E-state index in [2.05, 4.69) is 9.68 Å². The SMILES string of the molecule is O=C(CC(SSC(CC(=O)ON1C(=O)CCC1=O)S(=O)(=O)O)S(=O)(=O)O)ON1C(=O)CCC1=O. The van der Waals surface area contributed by atoms with Crippen molar-refractivity contribution in [2.45, 2.75) is 47.7 Å². The molecule has 16 nitrogen and oxygen atoms in total. The number of rotatable bonds is 11. The van der Waals surface area contributed by atoms with E-state index < -0.39 is 77.8 Å². The minimum Gasteiger partial charge on any atom is -0.330 e. The zero-order valence-corrected chi connectivity index (χ0v) is 20.0. The fourth-order valence-electron chi connectivity index (χ4n) is 2.37. The fourth-order valence-corrected chi connectivity index (χ4v) is 8.27. The third-order valence-corrected chi connectivity index (χ3v) is 11.0. The van der Waals surface area contributed by atoms with E-state index >= 15 is 0 Å². The summed E-state index contributed by atoms with van der Waals surface area (Å²) in [4.78, 5) is 78.7. The average molecular weight is 565 g/mol. The van der Waals surface area contributed by atoms with Gasteiger partial charge in [-0.05, 0) is 0 Å². The van der Waals surface area contributed by atoms with Gasteiger partial charge >= 0.3 is 11.9 Å². The van der Waals surface area contributed by atoms with Crippen LogP contribution < -0.4 is 0 Å². The number of amides is 4. The number of carbonyl (C=O) groups excluding carboxylic acids is 6. The van der Waals surface area contributed by atoms with Gasteiger partial charge in [0.1, 0.15) is 0 Å². The molecule has 0 saturated carbocycles. The Morgan fingerprint density at radius 3 is 1.21 bits per heavy atom. The molecule has 4 amide bonds. The molecule has 2 atom stereocenters.